The van der Waals surface area contributed by atoms with Gasteiger partial charge in [0, 0.05) is 23.5 Å². The SMILES string of the molecule is CC1(N)CCN(c2c(N)nc(Sc3cccc(Cl)c3Cl)nc2CO)CC1. The van der Waals surface area contributed by atoms with E-state index in [0.29, 0.717) is 32.4 Å². The molecule has 0 unspecified atom stereocenters. The maximum Gasteiger partial charge on any atom is 0.194 e. The standard InChI is InChI=1S/C17H21Cl2N5OS/c1-17(21)5-7-24(8-6-17)14-11(9-25)22-16(23-15(14)20)26-12-4-2-3-10(18)13(12)19/h2-4,25H,5-9,21H2,1H3,(H2,20,22,23). The van der Waals surface area contributed by atoms with Gasteiger partial charge in [0.15, 0.2) is 11.0 Å². The number of aliphatic hydroxyl groups excluding tert-OH is 1. The number of halogens is 2. The Morgan fingerprint density at radius 2 is 1.96 bits per heavy atom. The first-order valence-corrected chi connectivity index (χ1v) is 9.81. The van der Waals surface area contributed by atoms with E-state index in [-0.39, 0.29) is 12.1 Å². The van der Waals surface area contributed by atoms with Gasteiger partial charge in [-0.25, -0.2) is 9.97 Å². The number of hydrogen-bond donors (Lipinski definition) is 3. The zero-order chi connectivity index (χ0) is 18.9. The third-order valence-corrected chi connectivity index (χ3v) is 6.31. The van der Waals surface area contributed by atoms with Gasteiger partial charge in [0.2, 0.25) is 0 Å². The molecule has 1 aromatic carbocycles. The molecule has 0 aliphatic carbocycles. The lowest BCUT2D eigenvalue weighted by atomic mass is 9.91. The van der Waals surface area contributed by atoms with E-state index in [4.69, 9.17) is 34.7 Å². The number of aliphatic hydroxyl groups is 1. The second-order valence-corrected chi connectivity index (χ2v) is 8.43. The van der Waals surface area contributed by atoms with Crippen molar-refractivity contribution >= 4 is 46.5 Å². The molecule has 0 bridgehead atoms. The number of piperidine rings is 1. The van der Waals surface area contributed by atoms with Crippen LogP contribution in [0.2, 0.25) is 10.0 Å². The summed E-state index contributed by atoms with van der Waals surface area (Å²) in [5, 5.41) is 11.1. The third kappa shape index (κ3) is 4.18. The predicted molar refractivity (Wildman–Crippen MR) is 107 cm³/mol. The van der Waals surface area contributed by atoms with Gasteiger partial charge in [-0.05, 0) is 43.7 Å². The van der Waals surface area contributed by atoms with Crippen molar-refractivity contribution in [2.75, 3.05) is 23.7 Å². The van der Waals surface area contributed by atoms with Gasteiger partial charge in [0.25, 0.3) is 0 Å². The molecule has 9 heteroatoms. The molecule has 1 fully saturated rings. The van der Waals surface area contributed by atoms with Crippen LogP contribution in [0.15, 0.2) is 28.3 Å². The Bertz CT molecular complexity index is 808. The van der Waals surface area contributed by atoms with Crippen LogP contribution < -0.4 is 16.4 Å². The largest absolute Gasteiger partial charge is 0.390 e. The van der Waals surface area contributed by atoms with E-state index in [2.05, 4.69) is 14.9 Å². The van der Waals surface area contributed by atoms with Gasteiger partial charge in [-0.3, -0.25) is 0 Å². The molecular formula is C17H21Cl2N5OS. The summed E-state index contributed by atoms with van der Waals surface area (Å²) in [6, 6.07) is 5.35. The Morgan fingerprint density at radius 1 is 1.27 bits per heavy atom. The molecule has 1 aliphatic heterocycles. The normalized spacial score (nSPS) is 16.7. The Kier molecular flexibility index (Phi) is 5.84. The predicted octanol–water partition coefficient (Wildman–Crippen LogP) is 3.33. The Hall–Kier alpha value is -1.25. The number of anilines is 2. The van der Waals surface area contributed by atoms with E-state index in [1.807, 2.05) is 13.0 Å². The highest BCUT2D eigenvalue weighted by atomic mass is 35.5. The number of nitrogens with zero attached hydrogens (tertiary/aromatic N) is 3. The maximum absolute atomic E-state index is 9.81. The highest BCUT2D eigenvalue weighted by Gasteiger charge is 2.29. The molecule has 1 saturated heterocycles. The highest BCUT2D eigenvalue weighted by molar-refractivity contribution is 7.99. The molecule has 0 radical (unpaired) electrons. The average molecular weight is 414 g/mol. The summed E-state index contributed by atoms with van der Waals surface area (Å²) in [5.41, 5.74) is 13.4. The fourth-order valence-electron chi connectivity index (χ4n) is 2.90. The smallest absolute Gasteiger partial charge is 0.194 e. The van der Waals surface area contributed by atoms with Crippen LogP contribution in [0.1, 0.15) is 25.5 Å². The van der Waals surface area contributed by atoms with E-state index in [1.165, 1.54) is 11.8 Å². The van der Waals surface area contributed by atoms with Crippen molar-refractivity contribution in [2.24, 2.45) is 5.73 Å². The first kappa shape index (κ1) is 19.5. The molecule has 0 amide bonds. The van der Waals surface area contributed by atoms with Crippen LogP contribution in [0.25, 0.3) is 0 Å². The molecule has 26 heavy (non-hydrogen) atoms. The van der Waals surface area contributed by atoms with Gasteiger partial charge in [-0.15, -0.1) is 0 Å². The summed E-state index contributed by atoms with van der Waals surface area (Å²) in [7, 11) is 0. The van der Waals surface area contributed by atoms with E-state index >= 15 is 0 Å². The number of nitrogens with two attached hydrogens (primary N) is 2. The van der Waals surface area contributed by atoms with Gasteiger partial charge in [0.1, 0.15) is 5.69 Å². The number of hydrogen-bond acceptors (Lipinski definition) is 7. The summed E-state index contributed by atoms with van der Waals surface area (Å²) in [6.45, 7) is 3.32. The lowest BCUT2D eigenvalue weighted by Gasteiger charge is -2.38. The number of benzene rings is 1. The Balaban J connectivity index is 1.89. The van der Waals surface area contributed by atoms with Crippen molar-refractivity contribution in [3.63, 3.8) is 0 Å². The van der Waals surface area contributed by atoms with Crippen LogP contribution >= 0.6 is 35.0 Å². The molecule has 0 spiro atoms. The molecule has 3 rings (SSSR count). The number of aromatic nitrogens is 2. The summed E-state index contributed by atoms with van der Waals surface area (Å²) in [5.74, 6) is 0.338. The lowest BCUT2D eigenvalue weighted by Crippen LogP contribution is -2.48. The van der Waals surface area contributed by atoms with Gasteiger partial charge in [-0.2, -0.15) is 0 Å². The molecule has 5 N–H and O–H groups in total. The van der Waals surface area contributed by atoms with Crippen molar-refractivity contribution in [1.29, 1.82) is 0 Å². The van der Waals surface area contributed by atoms with Crippen LogP contribution in [0.5, 0.6) is 0 Å². The fraction of sp³-hybridized carbons (Fsp3) is 0.412. The minimum absolute atomic E-state index is 0.176. The summed E-state index contributed by atoms with van der Waals surface area (Å²) in [6.07, 6.45) is 1.68. The topological polar surface area (TPSA) is 101 Å². The second kappa shape index (κ2) is 7.78. The van der Waals surface area contributed by atoms with Crippen molar-refractivity contribution in [3.8, 4) is 0 Å². The molecule has 0 atom stereocenters. The Labute approximate surface area is 166 Å². The van der Waals surface area contributed by atoms with Crippen LogP contribution in [0.4, 0.5) is 11.5 Å². The summed E-state index contributed by atoms with van der Waals surface area (Å²) in [4.78, 5) is 11.7. The highest BCUT2D eigenvalue weighted by Crippen LogP contribution is 2.38. The van der Waals surface area contributed by atoms with E-state index in [0.717, 1.165) is 30.8 Å². The monoisotopic (exact) mass is 413 g/mol. The number of rotatable bonds is 4. The van der Waals surface area contributed by atoms with Crippen molar-refractivity contribution in [3.05, 3.63) is 33.9 Å². The fourth-order valence-corrected chi connectivity index (χ4v) is 4.21. The van der Waals surface area contributed by atoms with Gasteiger partial charge in [-0.1, -0.05) is 29.3 Å². The van der Waals surface area contributed by atoms with Crippen LogP contribution in [0.3, 0.4) is 0 Å². The van der Waals surface area contributed by atoms with Crippen LogP contribution in [0, 0.1) is 0 Å². The molecule has 1 aromatic heterocycles. The Morgan fingerprint density at radius 3 is 2.62 bits per heavy atom. The number of nitrogen functional groups attached to an aromatic ring is 1. The van der Waals surface area contributed by atoms with Crippen molar-refractivity contribution in [1.82, 2.24) is 9.97 Å². The minimum atomic E-state index is -0.227. The van der Waals surface area contributed by atoms with Gasteiger partial charge < -0.3 is 21.5 Å². The molecule has 1 aliphatic rings. The molecule has 2 heterocycles. The van der Waals surface area contributed by atoms with Crippen LogP contribution in [-0.2, 0) is 6.61 Å². The van der Waals surface area contributed by atoms with E-state index < -0.39 is 0 Å². The molecule has 0 saturated carbocycles. The van der Waals surface area contributed by atoms with Crippen molar-refractivity contribution < 1.29 is 5.11 Å². The van der Waals surface area contributed by atoms with Crippen molar-refractivity contribution in [2.45, 2.75) is 42.0 Å². The molecule has 140 valence electrons. The molecule has 6 nitrogen and oxygen atoms in total. The quantitative estimate of drug-likeness (QED) is 0.660. The zero-order valence-corrected chi connectivity index (χ0v) is 16.7. The maximum atomic E-state index is 9.81. The van der Waals surface area contributed by atoms with Gasteiger partial charge >= 0.3 is 0 Å². The first-order valence-electron chi connectivity index (χ1n) is 8.23. The third-order valence-electron chi connectivity index (χ3n) is 4.45. The summed E-state index contributed by atoms with van der Waals surface area (Å²) < 4.78 is 0. The first-order chi connectivity index (χ1) is 12.3. The van der Waals surface area contributed by atoms with E-state index in [1.54, 1.807) is 12.1 Å². The van der Waals surface area contributed by atoms with E-state index in [9.17, 15) is 5.11 Å². The molecule has 2 aromatic rings. The molecular weight excluding hydrogens is 393 g/mol. The summed E-state index contributed by atoms with van der Waals surface area (Å²) >= 11 is 13.5. The lowest BCUT2D eigenvalue weighted by molar-refractivity contribution is 0.275. The zero-order valence-electron chi connectivity index (χ0n) is 14.4. The van der Waals surface area contributed by atoms with Crippen LogP contribution in [-0.4, -0.2) is 33.7 Å². The minimum Gasteiger partial charge on any atom is -0.390 e. The second-order valence-electron chi connectivity index (χ2n) is 6.64. The average Bonchev–Trinajstić information content (AvgIpc) is 2.59. The van der Waals surface area contributed by atoms with Gasteiger partial charge in [0.05, 0.1) is 22.3 Å².